The molecule has 0 unspecified atom stereocenters. The van der Waals surface area contributed by atoms with Gasteiger partial charge in [-0.3, -0.25) is 9.78 Å². The Labute approximate surface area is 127 Å². The molecule has 6 heteroatoms. The van der Waals surface area contributed by atoms with E-state index in [0.29, 0.717) is 17.8 Å². The summed E-state index contributed by atoms with van der Waals surface area (Å²) in [6, 6.07) is 7.44. The lowest BCUT2D eigenvalue weighted by atomic mass is 10.2. The van der Waals surface area contributed by atoms with Crippen LogP contribution in [0.1, 0.15) is 32.7 Å². The van der Waals surface area contributed by atoms with E-state index in [1.165, 1.54) is 11.1 Å². The van der Waals surface area contributed by atoms with Gasteiger partial charge in [-0.1, -0.05) is 19.1 Å². The van der Waals surface area contributed by atoms with Gasteiger partial charge in [0.1, 0.15) is 10.7 Å². The summed E-state index contributed by atoms with van der Waals surface area (Å²) in [5.41, 5.74) is 6.50. The van der Waals surface area contributed by atoms with Crippen molar-refractivity contribution in [3.8, 4) is 0 Å². The average Bonchev–Trinajstić information content (AvgIpc) is 2.93. The summed E-state index contributed by atoms with van der Waals surface area (Å²) in [4.78, 5) is 18.7. The minimum absolute atomic E-state index is 0.203. The molecule has 2 aromatic heterocycles. The number of aromatic nitrogens is 1. The summed E-state index contributed by atoms with van der Waals surface area (Å²) in [6.45, 7) is 2.63. The molecule has 0 atom stereocenters. The van der Waals surface area contributed by atoms with Crippen LogP contribution in [0.25, 0.3) is 0 Å². The highest BCUT2D eigenvalue weighted by atomic mass is 32.1. The number of hydrogen-bond acceptors (Lipinski definition) is 4. The van der Waals surface area contributed by atoms with Gasteiger partial charge in [0.05, 0.1) is 6.54 Å². The molecular weight excluding hydrogens is 290 g/mol. The highest BCUT2D eigenvalue weighted by Gasteiger charge is 2.08. The average molecular weight is 305 g/mol. The smallest absolute Gasteiger partial charge is 0.270 e. The number of nitrogens with two attached hydrogens (primary N) is 1. The van der Waals surface area contributed by atoms with Crippen molar-refractivity contribution in [2.24, 2.45) is 5.73 Å². The number of carbonyl (C=O) groups excluding carboxylic acids is 1. The number of thiocarbonyl (C=S) groups is 1. The molecule has 104 valence electrons. The fraction of sp³-hybridized carbons (Fsp3) is 0.214. The van der Waals surface area contributed by atoms with Crippen molar-refractivity contribution in [1.29, 1.82) is 0 Å². The van der Waals surface area contributed by atoms with E-state index in [1.807, 2.05) is 6.07 Å². The van der Waals surface area contributed by atoms with Crippen LogP contribution in [0.15, 0.2) is 30.5 Å². The van der Waals surface area contributed by atoms with Gasteiger partial charge in [-0.15, -0.1) is 11.3 Å². The first-order chi connectivity index (χ1) is 9.60. The van der Waals surface area contributed by atoms with Crippen LogP contribution >= 0.6 is 23.6 Å². The quantitative estimate of drug-likeness (QED) is 0.832. The van der Waals surface area contributed by atoms with Crippen LogP contribution in [0.2, 0.25) is 0 Å². The van der Waals surface area contributed by atoms with Crippen LogP contribution < -0.4 is 11.1 Å². The lowest BCUT2D eigenvalue weighted by molar-refractivity contribution is 0.0946. The lowest BCUT2D eigenvalue weighted by Gasteiger charge is -2.04. The molecule has 0 fully saturated rings. The second-order valence-electron chi connectivity index (χ2n) is 4.20. The minimum Gasteiger partial charge on any atom is -0.389 e. The number of nitrogens with zero attached hydrogens (tertiary/aromatic N) is 1. The second kappa shape index (κ2) is 6.58. The number of pyridine rings is 1. The van der Waals surface area contributed by atoms with Gasteiger partial charge >= 0.3 is 0 Å². The summed E-state index contributed by atoms with van der Waals surface area (Å²) < 4.78 is 0. The van der Waals surface area contributed by atoms with Crippen LogP contribution in [0.5, 0.6) is 0 Å². The summed E-state index contributed by atoms with van der Waals surface area (Å²) in [5.74, 6) is -0.203. The van der Waals surface area contributed by atoms with Gasteiger partial charge in [0.15, 0.2) is 0 Å². The van der Waals surface area contributed by atoms with Crippen molar-refractivity contribution in [1.82, 2.24) is 10.3 Å². The van der Waals surface area contributed by atoms with Gasteiger partial charge in [-0.2, -0.15) is 0 Å². The third-order valence-corrected chi connectivity index (χ3v) is 4.23. The second-order valence-corrected chi connectivity index (χ2v) is 5.89. The molecule has 0 aliphatic carbocycles. The normalized spacial score (nSPS) is 10.2. The molecule has 0 radical (unpaired) electrons. The Morgan fingerprint density at radius 2 is 2.10 bits per heavy atom. The molecule has 2 heterocycles. The fourth-order valence-electron chi connectivity index (χ4n) is 1.64. The van der Waals surface area contributed by atoms with Crippen molar-refractivity contribution in [2.75, 3.05) is 0 Å². The molecular formula is C14H15N3OS2. The Morgan fingerprint density at radius 1 is 1.35 bits per heavy atom. The van der Waals surface area contributed by atoms with E-state index in [0.717, 1.165) is 11.3 Å². The molecule has 0 aliphatic heterocycles. The maximum Gasteiger partial charge on any atom is 0.270 e. The summed E-state index contributed by atoms with van der Waals surface area (Å²) in [5, 5.41) is 2.85. The lowest BCUT2D eigenvalue weighted by Crippen LogP contribution is -2.23. The van der Waals surface area contributed by atoms with Gasteiger partial charge in [0, 0.05) is 21.5 Å². The number of rotatable bonds is 5. The largest absolute Gasteiger partial charge is 0.389 e. The Hall–Kier alpha value is -1.79. The predicted octanol–water partition coefficient (Wildman–Crippen LogP) is 2.27. The Bertz CT molecular complexity index is 620. The van der Waals surface area contributed by atoms with Gasteiger partial charge in [-0.05, 0) is 30.7 Å². The van der Waals surface area contributed by atoms with Crippen molar-refractivity contribution in [2.45, 2.75) is 19.9 Å². The molecule has 2 rings (SSSR count). The molecule has 0 spiro atoms. The zero-order valence-corrected chi connectivity index (χ0v) is 12.7. The van der Waals surface area contributed by atoms with E-state index in [2.05, 4.69) is 23.3 Å². The number of aryl methyl sites for hydroxylation is 1. The van der Waals surface area contributed by atoms with E-state index in [1.54, 1.807) is 23.5 Å². The molecule has 0 aromatic carbocycles. The summed E-state index contributed by atoms with van der Waals surface area (Å²) >= 11 is 6.55. The Kier molecular flexibility index (Phi) is 4.81. The zero-order valence-electron chi connectivity index (χ0n) is 11.1. The first kappa shape index (κ1) is 14.6. The van der Waals surface area contributed by atoms with Crippen LogP contribution in [-0.4, -0.2) is 15.9 Å². The molecule has 0 aliphatic rings. The monoisotopic (exact) mass is 305 g/mol. The van der Waals surface area contributed by atoms with Gasteiger partial charge in [-0.25, -0.2) is 0 Å². The van der Waals surface area contributed by atoms with Gasteiger partial charge < -0.3 is 11.1 Å². The fourth-order valence-corrected chi connectivity index (χ4v) is 2.66. The third kappa shape index (κ3) is 3.61. The van der Waals surface area contributed by atoms with Crippen LogP contribution in [0, 0.1) is 0 Å². The number of nitrogens with one attached hydrogen (secondary N) is 1. The van der Waals surface area contributed by atoms with E-state index < -0.39 is 0 Å². The number of carbonyl (C=O) groups is 1. The summed E-state index contributed by atoms with van der Waals surface area (Å²) in [7, 11) is 0. The van der Waals surface area contributed by atoms with Gasteiger partial charge in [0.25, 0.3) is 5.91 Å². The van der Waals surface area contributed by atoms with Crippen molar-refractivity contribution in [3.05, 3.63) is 51.5 Å². The first-order valence-electron chi connectivity index (χ1n) is 6.21. The number of thiophene rings is 1. The maximum atomic E-state index is 11.9. The first-order valence-corrected chi connectivity index (χ1v) is 7.44. The maximum absolute atomic E-state index is 11.9. The number of amides is 1. The van der Waals surface area contributed by atoms with Crippen LogP contribution in [0.3, 0.4) is 0 Å². The van der Waals surface area contributed by atoms with E-state index in [-0.39, 0.29) is 10.9 Å². The molecule has 1 amide bonds. The third-order valence-electron chi connectivity index (χ3n) is 2.77. The van der Waals surface area contributed by atoms with E-state index in [4.69, 9.17) is 18.0 Å². The predicted molar refractivity (Wildman–Crippen MR) is 85.0 cm³/mol. The molecule has 0 saturated heterocycles. The minimum atomic E-state index is -0.203. The molecule has 0 bridgehead atoms. The SMILES string of the molecule is CCc1ccc(CNC(=O)c2ccc(C(N)=S)cn2)s1. The molecule has 2 aromatic rings. The van der Waals surface area contributed by atoms with Crippen LogP contribution in [0.4, 0.5) is 0 Å². The molecule has 4 nitrogen and oxygen atoms in total. The summed E-state index contributed by atoms with van der Waals surface area (Å²) in [6.07, 6.45) is 2.53. The van der Waals surface area contributed by atoms with Crippen LogP contribution in [-0.2, 0) is 13.0 Å². The standard InChI is InChI=1S/C14H15N3OS2/c1-2-10-4-5-11(20-10)8-17-14(18)12-6-3-9(7-16-12)13(15)19/h3-7H,2,8H2,1H3,(H2,15,19)(H,17,18). The topological polar surface area (TPSA) is 68.0 Å². The molecule has 20 heavy (non-hydrogen) atoms. The Morgan fingerprint density at radius 3 is 2.65 bits per heavy atom. The van der Waals surface area contributed by atoms with Crippen molar-refractivity contribution >= 4 is 34.5 Å². The zero-order chi connectivity index (χ0) is 14.5. The van der Waals surface area contributed by atoms with Crippen molar-refractivity contribution in [3.63, 3.8) is 0 Å². The highest BCUT2D eigenvalue weighted by Crippen LogP contribution is 2.16. The van der Waals surface area contributed by atoms with Gasteiger partial charge in [0.2, 0.25) is 0 Å². The van der Waals surface area contributed by atoms with E-state index in [9.17, 15) is 4.79 Å². The molecule has 0 saturated carbocycles. The van der Waals surface area contributed by atoms with Crippen molar-refractivity contribution < 1.29 is 4.79 Å². The molecule has 3 N–H and O–H groups in total. The Balaban J connectivity index is 1.96. The highest BCUT2D eigenvalue weighted by molar-refractivity contribution is 7.80. The number of hydrogen-bond donors (Lipinski definition) is 2. The van der Waals surface area contributed by atoms with E-state index >= 15 is 0 Å².